The van der Waals surface area contributed by atoms with E-state index in [0.29, 0.717) is 12.3 Å². The first-order valence-corrected chi connectivity index (χ1v) is 6.07. The maximum atomic E-state index is 11.8. The zero-order chi connectivity index (χ0) is 13.7. The third kappa shape index (κ3) is 5.71. The van der Waals surface area contributed by atoms with Crippen molar-refractivity contribution in [2.45, 2.75) is 19.4 Å². The van der Waals surface area contributed by atoms with Crippen LogP contribution in [0.1, 0.15) is 23.8 Å². The first-order chi connectivity index (χ1) is 9.16. The highest BCUT2D eigenvalue weighted by Gasteiger charge is 2.13. The molecule has 3 N–H and O–H groups in total. The van der Waals surface area contributed by atoms with Crippen LogP contribution in [0.3, 0.4) is 0 Å². The molecule has 116 valence electrons. The minimum absolute atomic E-state index is 0. The summed E-state index contributed by atoms with van der Waals surface area (Å²) in [6, 6.07) is 5.25. The number of aromatic nitrogens is 2. The van der Waals surface area contributed by atoms with E-state index >= 15 is 0 Å². The summed E-state index contributed by atoms with van der Waals surface area (Å²) < 4.78 is 5.14. The molecule has 0 aliphatic rings. The Kier molecular flexibility index (Phi) is 8.61. The number of carbonyl (C=O) groups excluding carboxylic acids is 1. The minimum Gasteiger partial charge on any atom is -0.355 e. The van der Waals surface area contributed by atoms with E-state index in [-0.39, 0.29) is 42.5 Å². The van der Waals surface area contributed by atoms with Gasteiger partial charge < -0.3 is 15.6 Å². The second-order valence-corrected chi connectivity index (χ2v) is 4.33. The van der Waals surface area contributed by atoms with Crippen LogP contribution in [0.25, 0.3) is 11.3 Å². The molecule has 0 radical (unpaired) electrons. The van der Waals surface area contributed by atoms with Crippen molar-refractivity contribution in [2.24, 2.45) is 5.73 Å². The summed E-state index contributed by atoms with van der Waals surface area (Å²) >= 11 is 0. The normalized spacial score (nSPS) is 11.0. The monoisotopic (exact) mass is 332 g/mol. The number of amides is 1. The molecule has 2 heterocycles. The lowest BCUT2D eigenvalue weighted by Gasteiger charge is -2.04. The average Bonchev–Trinajstić information content (AvgIpc) is 2.89. The van der Waals surface area contributed by atoms with E-state index < -0.39 is 0 Å². The lowest BCUT2D eigenvalue weighted by atomic mass is 10.2. The SMILES string of the molecule is CC(N)CCNC(=O)c1cc(-c2ccncc2)on1.Cl.Cl. The predicted molar refractivity (Wildman–Crippen MR) is 84.8 cm³/mol. The Morgan fingerprint density at radius 3 is 2.67 bits per heavy atom. The molecular formula is C13H18Cl2N4O2. The van der Waals surface area contributed by atoms with E-state index in [1.165, 1.54) is 0 Å². The summed E-state index contributed by atoms with van der Waals surface area (Å²) in [5.74, 6) is 0.282. The van der Waals surface area contributed by atoms with E-state index in [4.69, 9.17) is 10.3 Å². The second-order valence-electron chi connectivity index (χ2n) is 4.33. The fraction of sp³-hybridized carbons (Fsp3) is 0.308. The van der Waals surface area contributed by atoms with Crippen LogP contribution in [0, 0.1) is 0 Å². The molecule has 0 spiro atoms. The Bertz CT molecular complexity index is 546. The smallest absolute Gasteiger partial charge is 0.273 e. The zero-order valence-corrected chi connectivity index (χ0v) is 13.1. The summed E-state index contributed by atoms with van der Waals surface area (Å²) in [5.41, 5.74) is 6.70. The maximum Gasteiger partial charge on any atom is 0.273 e. The van der Waals surface area contributed by atoms with Gasteiger partial charge >= 0.3 is 0 Å². The third-order valence-electron chi connectivity index (χ3n) is 2.59. The first-order valence-electron chi connectivity index (χ1n) is 6.07. The van der Waals surface area contributed by atoms with Gasteiger partial charge in [-0.2, -0.15) is 0 Å². The van der Waals surface area contributed by atoms with Crippen LogP contribution in [-0.4, -0.2) is 28.6 Å². The van der Waals surface area contributed by atoms with Crippen molar-refractivity contribution in [3.8, 4) is 11.3 Å². The van der Waals surface area contributed by atoms with Crippen molar-refractivity contribution < 1.29 is 9.32 Å². The van der Waals surface area contributed by atoms with Crippen molar-refractivity contribution in [1.29, 1.82) is 0 Å². The fourth-order valence-corrected chi connectivity index (χ4v) is 1.54. The summed E-state index contributed by atoms with van der Waals surface area (Å²) in [4.78, 5) is 15.7. The number of hydrogen-bond acceptors (Lipinski definition) is 5. The van der Waals surface area contributed by atoms with Gasteiger partial charge in [-0.15, -0.1) is 24.8 Å². The molecule has 1 unspecified atom stereocenters. The van der Waals surface area contributed by atoms with E-state index in [9.17, 15) is 4.79 Å². The van der Waals surface area contributed by atoms with Crippen LogP contribution in [-0.2, 0) is 0 Å². The Hall–Kier alpha value is -1.63. The molecule has 1 amide bonds. The van der Waals surface area contributed by atoms with Crippen molar-refractivity contribution in [3.63, 3.8) is 0 Å². The minimum atomic E-state index is -0.260. The number of rotatable bonds is 5. The number of hydrogen-bond donors (Lipinski definition) is 2. The zero-order valence-electron chi connectivity index (χ0n) is 11.5. The third-order valence-corrected chi connectivity index (χ3v) is 2.59. The highest BCUT2D eigenvalue weighted by Crippen LogP contribution is 2.18. The summed E-state index contributed by atoms with van der Waals surface area (Å²) in [6.07, 6.45) is 4.03. The lowest BCUT2D eigenvalue weighted by Crippen LogP contribution is -2.29. The molecule has 2 aromatic heterocycles. The number of pyridine rings is 1. The predicted octanol–water partition coefficient (Wildman–Crippen LogP) is 2.05. The van der Waals surface area contributed by atoms with Gasteiger partial charge in [0, 0.05) is 36.6 Å². The molecule has 2 aromatic rings. The molecule has 0 saturated heterocycles. The Morgan fingerprint density at radius 2 is 2.05 bits per heavy atom. The number of nitrogens with one attached hydrogen (secondary N) is 1. The van der Waals surface area contributed by atoms with Crippen LogP contribution in [0.2, 0.25) is 0 Å². The van der Waals surface area contributed by atoms with Crippen LogP contribution >= 0.6 is 24.8 Å². The van der Waals surface area contributed by atoms with Gasteiger partial charge in [0.25, 0.3) is 5.91 Å². The van der Waals surface area contributed by atoms with Gasteiger partial charge in [0.1, 0.15) is 0 Å². The van der Waals surface area contributed by atoms with E-state index in [2.05, 4.69) is 15.5 Å². The topological polar surface area (TPSA) is 94.0 Å². The fourth-order valence-electron chi connectivity index (χ4n) is 1.54. The van der Waals surface area contributed by atoms with E-state index in [1.807, 2.05) is 6.92 Å². The van der Waals surface area contributed by atoms with Crippen LogP contribution in [0.5, 0.6) is 0 Å². The highest BCUT2D eigenvalue weighted by molar-refractivity contribution is 5.93. The Balaban J connectivity index is 0.00000200. The van der Waals surface area contributed by atoms with Gasteiger partial charge in [0.05, 0.1) is 0 Å². The molecule has 1 atom stereocenters. The molecule has 0 bridgehead atoms. The Morgan fingerprint density at radius 1 is 1.38 bits per heavy atom. The molecule has 2 rings (SSSR count). The molecule has 0 fully saturated rings. The Labute approximate surface area is 135 Å². The molecule has 0 aliphatic carbocycles. The van der Waals surface area contributed by atoms with Crippen molar-refractivity contribution >= 4 is 30.7 Å². The molecular weight excluding hydrogens is 315 g/mol. The molecule has 6 nitrogen and oxygen atoms in total. The van der Waals surface area contributed by atoms with Gasteiger partial charge in [-0.05, 0) is 25.5 Å². The van der Waals surface area contributed by atoms with E-state index in [1.54, 1.807) is 30.6 Å². The van der Waals surface area contributed by atoms with Gasteiger partial charge in [-0.25, -0.2) is 0 Å². The quantitative estimate of drug-likeness (QED) is 0.873. The number of halogens is 2. The maximum absolute atomic E-state index is 11.8. The number of nitrogens with zero attached hydrogens (tertiary/aromatic N) is 2. The molecule has 0 aliphatic heterocycles. The van der Waals surface area contributed by atoms with Gasteiger partial charge in [-0.1, -0.05) is 5.16 Å². The lowest BCUT2D eigenvalue weighted by molar-refractivity contribution is 0.0944. The van der Waals surface area contributed by atoms with Crippen molar-refractivity contribution in [2.75, 3.05) is 6.54 Å². The van der Waals surface area contributed by atoms with Gasteiger partial charge in [-0.3, -0.25) is 9.78 Å². The molecule has 0 saturated carbocycles. The summed E-state index contributed by atoms with van der Waals surface area (Å²) in [6.45, 7) is 2.41. The van der Waals surface area contributed by atoms with Crippen LogP contribution in [0.15, 0.2) is 35.1 Å². The standard InChI is InChI=1S/C13H16N4O2.2ClH/c1-9(14)2-7-16-13(18)11-8-12(19-17-11)10-3-5-15-6-4-10;;/h3-6,8-9H,2,7,14H2,1H3,(H,16,18);2*1H. The first kappa shape index (κ1) is 19.4. The van der Waals surface area contributed by atoms with E-state index in [0.717, 1.165) is 12.0 Å². The number of carbonyl (C=O) groups is 1. The highest BCUT2D eigenvalue weighted by atomic mass is 35.5. The van der Waals surface area contributed by atoms with Gasteiger partial charge in [0.15, 0.2) is 11.5 Å². The van der Waals surface area contributed by atoms with Crippen molar-refractivity contribution in [3.05, 3.63) is 36.3 Å². The largest absolute Gasteiger partial charge is 0.355 e. The molecule has 0 aromatic carbocycles. The second kappa shape index (κ2) is 9.33. The average molecular weight is 333 g/mol. The molecule has 8 heteroatoms. The number of nitrogens with two attached hydrogens (primary N) is 1. The van der Waals surface area contributed by atoms with Gasteiger partial charge in [0.2, 0.25) is 0 Å². The van der Waals surface area contributed by atoms with Crippen LogP contribution < -0.4 is 11.1 Å². The van der Waals surface area contributed by atoms with Crippen molar-refractivity contribution in [1.82, 2.24) is 15.5 Å². The summed E-state index contributed by atoms with van der Waals surface area (Å²) in [5, 5.41) is 6.49. The summed E-state index contributed by atoms with van der Waals surface area (Å²) in [7, 11) is 0. The molecule has 21 heavy (non-hydrogen) atoms. The van der Waals surface area contributed by atoms with Crippen LogP contribution in [0.4, 0.5) is 0 Å².